The standard InChI is InChI=1S/C29H28FNO3S.C2H6.CH5N/c1-34-23-14-11-19(12-15-23)20-13-16-25(30)21(17-20)18-31(22-7-3-2-4-8-22)29(33)28-27(32)24-9-5-6-10-26(24)35-28;2*1-2/h5-6,9-17,22,32H,2-4,7-8,18H2,1H3;1-2H3;2H2,1H3. The molecule has 1 heterocycles. The predicted molar refractivity (Wildman–Crippen MR) is 160 cm³/mol. The van der Waals surface area contributed by atoms with Crippen molar-refractivity contribution in [1.82, 2.24) is 4.90 Å². The van der Waals surface area contributed by atoms with Crippen LogP contribution in [0.4, 0.5) is 4.39 Å². The Labute approximate surface area is 235 Å². The quantitative estimate of drug-likeness (QED) is 0.255. The van der Waals surface area contributed by atoms with Gasteiger partial charge >= 0.3 is 0 Å². The van der Waals surface area contributed by atoms with Gasteiger partial charge in [-0.25, -0.2) is 4.39 Å². The van der Waals surface area contributed by atoms with Gasteiger partial charge < -0.3 is 20.5 Å². The molecule has 1 aliphatic rings. The number of nitrogens with zero attached hydrogens (tertiary/aromatic N) is 1. The van der Waals surface area contributed by atoms with E-state index in [0.717, 1.165) is 53.7 Å². The van der Waals surface area contributed by atoms with Crippen molar-refractivity contribution in [3.63, 3.8) is 0 Å². The number of carbonyl (C=O) groups is 1. The molecule has 0 atom stereocenters. The molecule has 0 saturated heterocycles. The van der Waals surface area contributed by atoms with Crippen molar-refractivity contribution in [1.29, 1.82) is 0 Å². The first-order valence-corrected chi connectivity index (χ1v) is 14.4. The molecule has 5 nitrogen and oxygen atoms in total. The zero-order chi connectivity index (χ0) is 28.4. The number of benzene rings is 3. The molecular formula is C32H39FN2O3S. The van der Waals surface area contributed by atoms with Gasteiger partial charge in [-0.3, -0.25) is 4.79 Å². The van der Waals surface area contributed by atoms with Crippen molar-refractivity contribution in [2.24, 2.45) is 5.73 Å². The summed E-state index contributed by atoms with van der Waals surface area (Å²) in [5.74, 6) is 0.207. The molecule has 1 aliphatic carbocycles. The van der Waals surface area contributed by atoms with E-state index in [1.807, 2.05) is 68.4 Å². The predicted octanol–water partition coefficient (Wildman–Crippen LogP) is 8.00. The van der Waals surface area contributed by atoms with Crippen molar-refractivity contribution < 1.29 is 19.0 Å². The van der Waals surface area contributed by atoms with Gasteiger partial charge in [0.1, 0.15) is 22.2 Å². The van der Waals surface area contributed by atoms with Crippen LogP contribution in [0, 0.1) is 5.82 Å². The monoisotopic (exact) mass is 550 g/mol. The molecule has 4 aromatic rings. The summed E-state index contributed by atoms with van der Waals surface area (Å²) in [4.78, 5) is 15.9. The minimum absolute atomic E-state index is 0.0175. The van der Waals surface area contributed by atoms with Gasteiger partial charge in [0.25, 0.3) is 5.91 Å². The van der Waals surface area contributed by atoms with Crippen molar-refractivity contribution >= 4 is 27.3 Å². The number of fused-ring (bicyclic) bond motifs is 1. The zero-order valence-corrected chi connectivity index (χ0v) is 24.1. The van der Waals surface area contributed by atoms with E-state index in [0.29, 0.717) is 15.8 Å². The number of aromatic hydroxyl groups is 1. The lowest BCUT2D eigenvalue weighted by molar-refractivity contribution is 0.0614. The highest BCUT2D eigenvalue weighted by Gasteiger charge is 2.30. The Hall–Kier alpha value is -3.42. The topological polar surface area (TPSA) is 75.8 Å². The smallest absolute Gasteiger partial charge is 0.268 e. The zero-order valence-electron chi connectivity index (χ0n) is 23.2. The molecule has 7 heteroatoms. The third-order valence-corrected chi connectivity index (χ3v) is 8.00. The maximum Gasteiger partial charge on any atom is 0.268 e. The molecule has 3 aromatic carbocycles. The molecule has 1 saturated carbocycles. The number of methoxy groups -OCH3 is 1. The van der Waals surface area contributed by atoms with Crippen LogP contribution in [0.15, 0.2) is 66.7 Å². The number of hydrogen-bond donors (Lipinski definition) is 2. The summed E-state index contributed by atoms with van der Waals surface area (Å²) < 4.78 is 21.1. The molecular weight excluding hydrogens is 511 g/mol. The molecule has 5 rings (SSSR count). The summed E-state index contributed by atoms with van der Waals surface area (Å²) in [5, 5.41) is 11.5. The fraction of sp³-hybridized carbons (Fsp3) is 0.344. The van der Waals surface area contributed by atoms with E-state index in [-0.39, 0.29) is 30.1 Å². The average molecular weight is 551 g/mol. The first-order chi connectivity index (χ1) is 19.0. The fourth-order valence-corrected chi connectivity index (χ4v) is 5.96. The molecule has 1 amide bonds. The summed E-state index contributed by atoms with van der Waals surface area (Å²) in [5.41, 5.74) is 6.80. The second kappa shape index (κ2) is 14.7. The van der Waals surface area contributed by atoms with Crippen LogP contribution in [0.3, 0.4) is 0 Å². The minimum atomic E-state index is -0.337. The highest BCUT2D eigenvalue weighted by molar-refractivity contribution is 7.21. The summed E-state index contributed by atoms with van der Waals surface area (Å²) in [6, 6.07) is 20.2. The van der Waals surface area contributed by atoms with Gasteiger partial charge in [0, 0.05) is 28.2 Å². The Bertz CT molecular complexity index is 1350. The molecule has 1 fully saturated rings. The average Bonchev–Trinajstić information content (AvgIpc) is 3.35. The lowest BCUT2D eigenvalue weighted by atomic mass is 9.93. The van der Waals surface area contributed by atoms with Crippen LogP contribution in [0.2, 0.25) is 0 Å². The van der Waals surface area contributed by atoms with Gasteiger partial charge in [0.05, 0.1) is 7.11 Å². The molecule has 1 aromatic heterocycles. The van der Waals surface area contributed by atoms with Crippen LogP contribution in [-0.2, 0) is 6.54 Å². The van der Waals surface area contributed by atoms with Crippen molar-refractivity contribution in [2.45, 2.75) is 58.5 Å². The van der Waals surface area contributed by atoms with Crippen LogP contribution in [-0.4, -0.2) is 36.1 Å². The lowest BCUT2D eigenvalue weighted by Gasteiger charge is -2.34. The molecule has 0 bridgehead atoms. The third kappa shape index (κ3) is 6.97. The first kappa shape index (κ1) is 30.1. The Balaban J connectivity index is 0.00000100. The van der Waals surface area contributed by atoms with E-state index in [1.165, 1.54) is 24.5 Å². The fourth-order valence-electron chi connectivity index (χ4n) is 4.91. The van der Waals surface area contributed by atoms with Gasteiger partial charge in [-0.15, -0.1) is 11.3 Å². The summed E-state index contributed by atoms with van der Waals surface area (Å²) in [6.07, 6.45) is 5.00. The van der Waals surface area contributed by atoms with Crippen LogP contribution in [0.1, 0.15) is 61.2 Å². The van der Waals surface area contributed by atoms with E-state index in [9.17, 15) is 9.90 Å². The van der Waals surface area contributed by atoms with Gasteiger partial charge in [-0.2, -0.15) is 0 Å². The lowest BCUT2D eigenvalue weighted by Crippen LogP contribution is -2.40. The molecule has 3 N–H and O–H groups in total. The van der Waals surface area contributed by atoms with E-state index < -0.39 is 0 Å². The first-order valence-electron chi connectivity index (χ1n) is 13.6. The largest absolute Gasteiger partial charge is 0.506 e. The highest BCUT2D eigenvalue weighted by Crippen LogP contribution is 2.39. The van der Waals surface area contributed by atoms with Gasteiger partial charge in [0.15, 0.2) is 0 Å². The van der Waals surface area contributed by atoms with E-state index in [4.69, 9.17) is 4.74 Å². The second-order valence-electron chi connectivity index (χ2n) is 9.04. The molecule has 208 valence electrons. The van der Waals surface area contributed by atoms with Crippen LogP contribution >= 0.6 is 11.3 Å². The van der Waals surface area contributed by atoms with Gasteiger partial charge in [-0.05, 0) is 67.4 Å². The molecule has 0 spiro atoms. The number of thiophene rings is 1. The highest BCUT2D eigenvalue weighted by atomic mass is 32.1. The van der Waals surface area contributed by atoms with E-state index in [2.05, 4.69) is 5.73 Å². The number of carbonyl (C=O) groups excluding carboxylic acids is 1. The molecule has 0 unspecified atom stereocenters. The number of ether oxygens (including phenoxy) is 1. The second-order valence-corrected chi connectivity index (χ2v) is 10.1. The molecule has 0 radical (unpaired) electrons. The maximum absolute atomic E-state index is 15.0. The molecule has 0 aliphatic heterocycles. The Morgan fingerprint density at radius 2 is 1.64 bits per heavy atom. The van der Waals surface area contributed by atoms with Crippen LogP contribution in [0.25, 0.3) is 21.2 Å². The SMILES string of the molecule is CC.CN.COc1ccc(-c2ccc(F)c(CN(C(=O)c3sc4ccccc4c3O)C3CCCCC3)c2)cc1. The molecule has 39 heavy (non-hydrogen) atoms. The summed E-state index contributed by atoms with van der Waals surface area (Å²) in [6.45, 7) is 4.16. The van der Waals surface area contributed by atoms with E-state index >= 15 is 4.39 Å². The normalized spacial score (nSPS) is 13.1. The Morgan fingerprint density at radius 3 is 2.28 bits per heavy atom. The number of amides is 1. The summed E-state index contributed by atoms with van der Waals surface area (Å²) in [7, 11) is 3.12. The van der Waals surface area contributed by atoms with Crippen molar-refractivity contribution in [3.05, 3.63) is 83.0 Å². The Kier molecular flexibility index (Phi) is 11.3. The van der Waals surface area contributed by atoms with Gasteiger partial charge in [-0.1, -0.05) is 63.4 Å². The summed E-state index contributed by atoms with van der Waals surface area (Å²) >= 11 is 1.30. The van der Waals surface area contributed by atoms with Gasteiger partial charge in [0.2, 0.25) is 0 Å². The Morgan fingerprint density at radius 1 is 1.00 bits per heavy atom. The minimum Gasteiger partial charge on any atom is -0.506 e. The van der Waals surface area contributed by atoms with Crippen LogP contribution in [0.5, 0.6) is 11.5 Å². The van der Waals surface area contributed by atoms with Crippen LogP contribution < -0.4 is 10.5 Å². The number of hydrogen-bond acceptors (Lipinski definition) is 5. The van der Waals surface area contributed by atoms with Crippen molar-refractivity contribution in [2.75, 3.05) is 14.2 Å². The van der Waals surface area contributed by atoms with E-state index in [1.54, 1.807) is 18.1 Å². The number of rotatable bonds is 6. The number of nitrogens with two attached hydrogens (primary N) is 1. The number of halogens is 1. The third-order valence-electron chi connectivity index (χ3n) is 6.85. The maximum atomic E-state index is 15.0. The van der Waals surface area contributed by atoms with Crippen molar-refractivity contribution in [3.8, 4) is 22.6 Å².